The molecule has 106 valence electrons. The molecule has 3 heteroatoms. The smallest absolute Gasteiger partial charge is 0.120 e. The molecule has 1 aliphatic carbocycles. The third-order valence-corrected chi connectivity index (χ3v) is 4.43. The van der Waals surface area contributed by atoms with Crippen molar-refractivity contribution < 1.29 is 4.74 Å². The summed E-state index contributed by atoms with van der Waals surface area (Å²) in [6.45, 7) is 1.67. The molecule has 0 atom stereocenters. The van der Waals surface area contributed by atoms with E-state index in [1.54, 1.807) is 0 Å². The molecule has 0 bridgehead atoms. The monoisotopic (exact) mass is 333 g/mol. The van der Waals surface area contributed by atoms with Crippen molar-refractivity contribution in [1.29, 1.82) is 0 Å². The maximum atomic E-state index is 5.83. The van der Waals surface area contributed by atoms with E-state index in [-0.39, 0.29) is 0 Å². The Labute approximate surface area is 128 Å². The SMILES string of the molecule is Brc1ccc2cc(OCCNC3CCCC3)ccc2c1. The number of hydrogen-bond donors (Lipinski definition) is 1. The van der Waals surface area contributed by atoms with Gasteiger partial charge in [-0.15, -0.1) is 0 Å². The molecule has 2 aromatic carbocycles. The molecule has 0 aromatic heterocycles. The summed E-state index contributed by atoms with van der Waals surface area (Å²) in [5, 5.41) is 6.01. The minimum absolute atomic E-state index is 0.715. The van der Waals surface area contributed by atoms with Crippen molar-refractivity contribution in [3.05, 3.63) is 40.9 Å². The lowest BCUT2D eigenvalue weighted by Crippen LogP contribution is -2.30. The molecule has 1 saturated carbocycles. The van der Waals surface area contributed by atoms with Crippen LogP contribution in [-0.4, -0.2) is 19.2 Å². The molecule has 0 saturated heterocycles. The van der Waals surface area contributed by atoms with Crippen LogP contribution in [0.5, 0.6) is 5.75 Å². The Morgan fingerprint density at radius 2 is 1.80 bits per heavy atom. The van der Waals surface area contributed by atoms with Crippen molar-refractivity contribution in [2.75, 3.05) is 13.2 Å². The molecular formula is C17H20BrNO. The van der Waals surface area contributed by atoms with Gasteiger partial charge in [0, 0.05) is 17.1 Å². The van der Waals surface area contributed by atoms with Crippen LogP contribution >= 0.6 is 15.9 Å². The fourth-order valence-electron chi connectivity index (χ4n) is 2.85. The predicted octanol–water partition coefficient (Wildman–Crippen LogP) is 4.51. The van der Waals surface area contributed by atoms with E-state index in [1.165, 1.54) is 36.5 Å². The second-order valence-electron chi connectivity index (χ2n) is 5.44. The molecule has 0 radical (unpaired) electrons. The van der Waals surface area contributed by atoms with Crippen molar-refractivity contribution in [1.82, 2.24) is 5.32 Å². The first-order valence-corrected chi connectivity index (χ1v) is 8.16. The van der Waals surface area contributed by atoms with E-state index in [9.17, 15) is 0 Å². The van der Waals surface area contributed by atoms with Crippen molar-refractivity contribution in [3.63, 3.8) is 0 Å². The van der Waals surface area contributed by atoms with Gasteiger partial charge in [0.1, 0.15) is 12.4 Å². The van der Waals surface area contributed by atoms with E-state index in [1.807, 2.05) is 6.07 Å². The first kappa shape index (κ1) is 13.9. The highest BCUT2D eigenvalue weighted by Gasteiger charge is 2.13. The van der Waals surface area contributed by atoms with Gasteiger partial charge in [-0.1, -0.05) is 40.9 Å². The topological polar surface area (TPSA) is 21.3 Å². The number of rotatable bonds is 5. The number of nitrogens with one attached hydrogen (secondary N) is 1. The molecule has 1 N–H and O–H groups in total. The van der Waals surface area contributed by atoms with E-state index < -0.39 is 0 Å². The summed E-state index contributed by atoms with van der Waals surface area (Å²) < 4.78 is 6.94. The first-order valence-electron chi connectivity index (χ1n) is 7.37. The van der Waals surface area contributed by atoms with E-state index >= 15 is 0 Å². The lowest BCUT2D eigenvalue weighted by Gasteiger charge is -2.12. The van der Waals surface area contributed by atoms with Gasteiger partial charge in [-0.2, -0.15) is 0 Å². The highest BCUT2D eigenvalue weighted by molar-refractivity contribution is 9.10. The highest BCUT2D eigenvalue weighted by Crippen LogP contribution is 2.24. The van der Waals surface area contributed by atoms with Crippen molar-refractivity contribution in [2.45, 2.75) is 31.7 Å². The quantitative estimate of drug-likeness (QED) is 0.812. The molecule has 0 heterocycles. The Hall–Kier alpha value is -1.06. The van der Waals surface area contributed by atoms with E-state index in [4.69, 9.17) is 4.74 Å². The molecule has 0 amide bonds. The minimum atomic E-state index is 0.715. The normalized spacial score (nSPS) is 15.8. The number of halogens is 1. The number of benzene rings is 2. The van der Waals surface area contributed by atoms with Crippen LogP contribution < -0.4 is 10.1 Å². The lowest BCUT2D eigenvalue weighted by molar-refractivity contribution is 0.305. The molecular weight excluding hydrogens is 314 g/mol. The van der Waals surface area contributed by atoms with E-state index in [2.05, 4.69) is 51.6 Å². The molecule has 20 heavy (non-hydrogen) atoms. The van der Waals surface area contributed by atoms with Gasteiger partial charge in [0.15, 0.2) is 0 Å². The van der Waals surface area contributed by atoms with E-state index in [0.29, 0.717) is 6.04 Å². The first-order chi connectivity index (χ1) is 9.81. The molecule has 1 fully saturated rings. The average Bonchev–Trinajstić information content (AvgIpc) is 2.97. The maximum absolute atomic E-state index is 5.83. The summed E-state index contributed by atoms with van der Waals surface area (Å²) in [6, 6.07) is 13.3. The average molecular weight is 334 g/mol. The number of hydrogen-bond acceptors (Lipinski definition) is 2. The van der Waals surface area contributed by atoms with Gasteiger partial charge in [0.2, 0.25) is 0 Å². The third-order valence-electron chi connectivity index (χ3n) is 3.93. The van der Waals surface area contributed by atoms with Gasteiger partial charge in [-0.25, -0.2) is 0 Å². The van der Waals surface area contributed by atoms with Crippen LogP contribution in [-0.2, 0) is 0 Å². The third kappa shape index (κ3) is 3.53. The summed E-state index contributed by atoms with van der Waals surface area (Å²) >= 11 is 3.49. The Morgan fingerprint density at radius 1 is 1.05 bits per heavy atom. The van der Waals surface area contributed by atoms with Crippen LogP contribution in [0.3, 0.4) is 0 Å². The highest BCUT2D eigenvalue weighted by atomic mass is 79.9. The number of fused-ring (bicyclic) bond motifs is 1. The molecule has 0 spiro atoms. The molecule has 3 rings (SSSR count). The Balaban J connectivity index is 1.53. The number of ether oxygens (including phenoxy) is 1. The van der Waals surface area contributed by atoms with Crippen LogP contribution in [0, 0.1) is 0 Å². The van der Waals surface area contributed by atoms with Gasteiger partial charge >= 0.3 is 0 Å². The molecule has 2 nitrogen and oxygen atoms in total. The van der Waals surface area contributed by atoms with Gasteiger partial charge < -0.3 is 10.1 Å². The van der Waals surface area contributed by atoms with E-state index in [0.717, 1.165) is 23.4 Å². The fourth-order valence-corrected chi connectivity index (χ4v) is 3.23. The zero-order valence-corrected chi connectivity index (χ0v) is 13.2. The summed E-state index contributed by atoms with van der Waals surface area (Å²) in [6.07, 6.45) is 5.40. The Bertz CT molecular complexity index is 578. The largest absolute Gasteiger partial charge is 0.492 e. The second kappa shape index (κ2) is 6.59. The van der Waals surface area contributed by atoms with Crippen molar-refractivity contribution >= 4 is 26.7 Å². The second-order valence-corrected chi connectivity index (χ2v) is 6.35. The van der Waals surface area contributed by atoms with Crippen LogP contribution in [0.25, 0.3) is 10.8 Å². The molecule has 0 unspecified atom stereocenters. The van der Waals surface area contributed by atoms with Gasteiger partial charge in [-0.05, 0) is 47.9 Å². The summed E-state index contributed by atoms with van der Waals surface area (Å²) in [7, 11) is 0. The van der Waals surface area contributed by atoms with Crippen LogP contribution in [0.1, 0.15) is 25.7 Å². The van der Waals surface area contributed by atoms with Crippen LogP contribution in [0.2, 0.25) is 0 Å². The predicted molar refractivity (Wildman–Crippen MR) is 87.4 cm³/mol. The standard InChI is InChI=1S/C17H20BrNO/c18-15-7-5-14-12-17(8-6-13(14)11-15)20-10-9-19-16-3-1-2-4-16/h5-8,11-12,16,19H,1-4,9-10H2. The van der Waals surface area contributed by atoms with Crippen LogP contribution in [0.4, 0.5) is 0 Å². The zero-order valence-electron chi connectivity index (χ0n) is 11.6. The fraction of sp³-hybridized carbons (Fsp3) is 0.412. The van der Waals surface area contributed by atoms with Crippen molar-refractivity contribution in [2.24, 2.45) is 0 Å². The molecule has 0 aliphatic heterocycles. The zero-order chi connectivity index (χ0) is 13.8. The van der Waals surface area contributed by atoms with Crippen LogP contribution in [0.15, 0.2) is 40.9 Å². The minimum Gasteiger partial charge on any atom is -0.492 e. The Kier molecular flexibility index (Phi) is 4.58. The summed E-state index contributed by atoms with van der Waals surface area (Å²) in [4.78, 5) is 0. The molecule has 2 aromatic rings. The van der Waals surface area contributed by atoms with Gasteiger partial charge in [0.05, 0.1) is 0 Å². The summed E-state index contributed by atoms with van der Waals surface area (Å²) in [5.74, 6) is 0.952. The van der Waals surface area contributed by atoms with Gasteiger partial charge in [0.25, 0.3) is 0 Å². The summed E-state index contributed by atoms with van der Waals surface area (Å²) in [5.41, 5.74) is 0. The van der Waals surface area contributed by atoms with Gasteiger partial charge in [-0.3, -0.25) is 0 Å². The lowest BCUT2D eigenvalue weighted by atomic mass is 10.1. The maximum Gasteiger partial charge on any atom is 0.120 e. The Morgan fingerprint density at radius 3 is 2.65 bits per heavy atom. The van der Waals surface area contributed by atoms with Crippen molar-refractivity contribution in [3.8, 4) is 5.75 Å². The molecule has 1 aliphatic rings.